The molecule has 0 aromatic heterocycles. The van der Waals surface area contributed by atoms with Crippen LogP contribution in [0.25, 0.3) is 0 Å². The van der Waals surface area contributed by atoms with Crippen molar-refractivity contribution in [1.82, 2.24) is 10.6 Å². The summed E-state index contributed by atoms with van der Waals surface area (Å²) in [6, 6.07) is 3.43. The van der Waals surface area contributed by atoms with Gasteiger partial charge in [-0.15, -0.1) is 0 Å². The summed E-state index contributed by atoms with van der Waals surface area (Å²) in [6.45, 7) is 6.40. The van der Waals surface area contributed by atoms with Crippen LogP contribution in [0.4, 0.5) is 33.3 Å². The van der Waals surface area contributed by atoms with Crippen LogP contribution in [-0.4, -0.2) is 25.0 Å². The number of hydrogen-bond acceptors (Lipinski definition) is 3. The molecule has 3 N–H and O–H groups in total. The summed E-state index contributed by atoms with van der Waals surface area (Å²) in [6.07, 6.45) is 0. The second kappa shape index (κ2) is 9.01. The predicted molar refractivity (Wildman–Crippen MR) is 96.2 cm³/mol. The number of hydrogen-bond donors (Lipinski definition) is 3. The Labute approximate surface area is 159 Å². The van der Waals surface area contributed by atoms with Crippen molar-refractivity contribution in [3.63, 3.8) is 0 Å². The largest absolute Gasteiger partial charge is 0.350 e. The molecule has 3 rings (SSSR count). The summed E-state index contributed by atoms with van der Waals surface area (Å²) in [5.41, 5.74) is -1.80. The average Bonchev–Trinajstić information content (AvgIpc) is 2.64. The molecule has 1 aliphatic rings. The van der Waals surface area contributed by atoms with E-state index in [-0.39, 0.29) is 11.7 Å². The van der Waals surface area contributed by atoms with Crippen LogP contribution in [0.3, 0.4) is 0 Å². The Kier molecular flexibility index (Phi) is 6.95. The van der Waals surface area contributed by atoms with E-state index in [9.17, 15) is 26.7 Å². The van der Waals surface area contributed by atoms with Crippen LogP contribution in [0.1, 0.15) is 29.8 Å². The summed E-state index contributed by atoms with van der Waals surface area (Å²) in [5.74, 6) is -9.86. The molecule has 1 aliphatic heterocycles. The number of anilines is 2. The van der Waals surface area contributed by atoms with Gasteiger partial charge < -0.3 is 16.0 Å². The molecular weight excluding hydrogens is 381 g/mol. The third-order valence-corrected chi connectivity index (χ3v) is 4.00. The molecule has 0 spiro atoms. The van der Waals surface area contributed by atoms with Crippen molar-refractivity contribution in [3.8, 4) is 0 Å². The monoisotopic (exact) mass is 401 g/mol. The lowest BCUT2D eigenvalue weighted by Gasteiger charge is -2.28. The molecule has 2 aromatic carbocycles. The Bertz CT molecular complexity index is 885. The molecule has 0 radical (unpaired) electrons. The first-order valence-corrected chi connectivity index (χ1v) is 8.70. The number of carbonyl (C=O) groups is 1. The molecule has 4 nitrogen and oxygen atoms in total. The molecule has 0 unspecified atom stereocenters. The first-order valence-electron chi connectivity index (χ1n) is 8.70. The van der Waals surface area contributed by atoms with Crippen molar-refractivity contribution in [2.75, 3.05) is 18.4 Å². The van der Waals surface area contributed by atoms with Gasteiger partial charge in [-0.1, -0.05) is 19.9 Å². The summed E-state index contributed by atoms with van der Waals surface area (Å²) in [5, 5.41) is 7.38. The van der Waals surface area contributed by atoms with E-state index in [1.54, 1.807) is 6.92 Å². The Hall–Kier alpha value is -2.68. The van der Waals surface area contributed by atoms with E-state index in [0.29, 0.717) is 18.7 Å². The number of nitrogens with one attached hydrogen (secondary N) is 3. The van der Waals surface area contributed by atoms with Gasteiger partial charge in [0, 0.05) is 13.1 Å². The smallest absolute Gasteiger partial charge is 0.256 e. The van der Waals surface area contributed by atoms with Gasteiger partial charge in [0.05, 0.1) is 17.4 Å². The fourth-order valence-corrected chi connectivity index (χ4v) is 2.47. The summed E-state index contributed by atoms with van der Waals surface area (Å²) in [4.78, 5) is 12.3. The molecule has 0 atom stereocenters. The molecule has 1 heterocycles. The maximum atomic E-state index is 14.2. The topological polar surface area (TPSA) is 53.2 Å². The highest BCUT2D eigenvalue weighted by Crippen LogP contribution is 2.32. The standard InChI is InChI=1S/C17H14F5N3O.C2H6/c1-7-2-3-10(9(18)4-7)25-16-11(17(26)24-8-5-23-6-8)12(19)13(20)14(21)15(16)22;1-2/h2-4,8,23,25H,5-6H2,1H3,(H,24,26);1-2H3. The fourth-order valence-electron chi connectivity index (χ4n) is 2.47. The maximum absolute atomic E-state index is 14.2. The van der Waals surface area contributed by atoms with E-state index in [4.69, 9.17) is 0 Å². The highest BCUT2D eigenvalue weighted by atomic mass is 19.2. The molecule has 1 amide bonds. The number of halogens is 5. The van der Waals surface area contributed by atoms with Crippen molar-refractivity contribution in [2.24, 2.45) is 0 Å². The number of aryl methyl sites for hydroxylation is 1. The normalized spacial score (nSPS) is 13.3. The first-order chi connectivity index (χ1) is 13.3. The minimum absolute atomic E-state index is 0.320. The van der Waals surface area contributed by atoms with Gasteiger partial charge in [0.1, 0.15) is 11.4 Å². The molecule has 9 heteroatoms. The minimum atomic E-state index is -2.12. The van der Waals surface area contributed by atoms with Crippen molar-refractivity contribution in [3.05, 3.63) is 58.4 Å². The summed E-state index contributed by atoms with van der Waals surface area (Å²) < 4.78 is 69.7. The second-order valence-corrected chi connectivity index (χ2v) is 5.94. The Morgan fingerprint density at radius 2 is 1.61 bits per heavy atom. The molecule has 0 bridgehead atoms. The molecule has 28 heavy (non-hydrogen) atoms. The molecule has 0 aliphatic carbocycles. The van der Waals surface area contributed by atoms with Gasteiger partial charge in [0.2, 0.25) is 0 Å². The van der Waals surface area contributed by atoms with Crippen LogP contribution < -0.4 is 16.0 Å². The molecular formula is C19H20F5N3O. The zero-order chi connectivity index (χ0) is 21.0. The van der Waals surface area contributed by atoms with E-state index < -0.39 is 46.2 Å². The highest BCUT2D eigenvalue weighted by Gasteiger charge is 2.31. The Morgan fingerprint density at radius 1 is 1.00 bits per heavy atom. The molecule has 1 fully saturated rings. The third-order valence-electron chi connectivity index (χ3n) is 4.00. The van der Waals surface area contributed by atoms with Gasteiger partial charge in [-0.05, 0) is 24.6 Å². The van der Waals surface area contributed by atoms with E-state index in [1.165, 1.54) is 12.1 Å². The highest BCUT2D eigenvalue weighted by molar-refractivity contribution is 6.01. The van der Waals surface area contributed by atoms with Gasteiger partial charge in [-0.25, -0.2) is 22.0 Å². The number of carbonyl (C=O) groups excluding carboxylic acids is 1. The minimum Gasteiger partial charge on any atom is -0.350 e. The molecule has 2 aromatic rings. The van der Waals surface area contributed by atoms with E-state index >= 15 is 0 Å². The maximum Gasteiger partial charge on any atom is 0.256 e. The Balaban J connectivity index is 0.00000136. The van der Waals surface area contributed by atoms with Crippen LogP contribution >= 0.6 is 0 Å². The van der Waals surface area contributed by atoms with E-state index in [2.05, 4.69) is 16.0 Å². The van der Waals surface area contributed by atoms with Crippen molar-refractivity contribution >= 4 is 17.3 Å². The van der Waals surface area contributed by atoms with Crippen LogP contribution in [0, 0.1) is 36.0 Å². The van der Waals surface area contributed by atoms with Crippen molar-refractivity contribution in [2.45, 2.75) is 26.8 Å². The van der Waals surface area contributed by atoms with Crippen LogP contribution in [-0.2, 0) is 0 Å². The summed E-state index contributed by atoms with van der Waals surface area (Å²) in [7, 11) is 0. The van der Waals surface area contributed by atoms with Crippen LogP contribution in [0.15, 0.2) is 18.2 Å². The van der Waals surface area contributed by atoms with Gasteiger partial charge in [0.25, 0.3) is 5.91 Å². The lowest BCUT2D eigenvalue weighted by atomic mass is 10.1. The zero-order valence-electron chi connectivity index (χ0n) is 15.5. The van der Waals surface area contributed by atoms with Crippen LogP contribution in [0.2, 0.25) is 0 Å². The third kappa shape index (κ3) is 4.24. The Morgan fingerprint density at radius 3 is 2.14 bits per heavy atom. The van der Waals surface area contributed by atoms with E-state index in [1.807, 2.05) is 13.8 Å². The number of amides is 1. The zero-order valence-corrected chi connectivity index (χ0v) is 15.5. The lowest BCUT2D eigenvalue weighted by Crippen LogP contribution is -2.57. The molecule has 0 saturated carbocycles. The van der Waals surface area contributed by atoms with Gasteiger partial charge in [0.15, 0.2) is 23.3 Å². The molecule has 1 saturated heterocycles. The predicted octanol–water partition coefficient (Wildman–Crippen LogP) is 4.16. The first kappa shape index (κ1) is 21.6. The quantitative estimate of drug-likeness (QED) is 0.410. The van der Waals surface area contributed by atoms with Gasteiger partial charge in [-0.2, -0.15) is 0 Å². The lowest BCUT2D eigenvalue weighted by molar-refractivity contribution is 0.0919. The number of rotatable bonds is 4. The van der Waals surface area contributed by atoms with Crippen molar-refractivity contribution < 1.29 is 26.7 Å². The van der Waals surface area contributed by atoms with E-state index in [0.717, 1.165) is 6.07 Å². The van der Waals surface area contributed by atoms with Crippen molar-refractivity contribution in [1.29, 1.82) is 0 Å². The van der Waals surface area contributed by atoms with Gasteiger partial charge in [-0.3, -0.25) is 4.79 Å². The van der Waals surface area contributed by atoms with Gasteiger partial charge >= 0.3 is 0 Å². The average molecular weight is 401 g/mol. The van der Waals surface area contributed by atoms with Crippen LogP contribution in [0.5, 0.6) is 0 Å². The summed E-state index contributed by atoms with van der Waals surface area (Å²) >= 11 is 0. The molecule has 152 valence electrons. The second-order valence-electron chi connectivity index (χ2n) is 5.94. The number of benzene rings is 2. The fraction of sp³-hybridized carbons (Fsp3) is 0.316. The SMILES string of the molecule is CC.Cc1ccc(Nc2c(F)c(F)c(F)c(F)c2C(=O)NC2CNC2)c(F)c1.